The molecular weight excluding hydrogens is 260 g/mol. The molecule has 1 aromatic rings. The van der Waals surface area contributed by atoms with E-state index >= 15 is 0 Å². The van der Waals surface area contributed by atoms with Gasteiger partial charge in [-0.25, -0.2) is 0 Å². The van der Waals surface area contributed by atoms with Crippen molar-refractivity contribution in [1.29, 1.82) is 0 Å². The molecule has 0 radical (unpaired) electrons. The minimum absolute atomic E-state index is 0.420. The Kier molecular flexibility index (Phi) is 6.22. The Morgan fingerprint density at radius 1 is 1.29 bits per heavy atom. The van der Waals surface area contributed by atoms with Gasteiger partial charge in [0.1, 0.15) is 0 Å². The zero-order valence-corrected chi connectivity index (χ0v) is 14.0. The number of hydrogen-bond donors (Lipinski definition) is 1. The smallest absolute Gasteiger partial charge is 0.0491 e. The molecule has 0 bridgehead atoms. The number of methoxy groups -OCH3 is 1. The van der Waals surface area contributed by atoms with Gasteiger partial charge in [0.15, 0.2) is 0 Å². The molecule has 3 heteroatoms. The van der Waals surface area contributed by atoms with E-state index in [9.17, 15) is 0 Å². The summed E-state index contributed by atoms with van der Waals surface area (Å²) in [7, 11) is 3.88. The van der Waals surface area contributed by atoms with Crippen LogP contribution >= 0.6 is 0 Å². The van der Waals surface area contributed by atoms with Crippen molar-refractivity contribution in [1.82, 2.24) is 10.2 Å². The van der Waals surface area contributed by atoms with Crippen molar-refractivity contribution in [2.24, 2.45) is 5.92 Å². The standard InChI is InChI=1S/C18H30N2O/c1-14-5-6-15(2)17(11-14)18(19-3)12-20-9-7-16(8-10-20)13-21-4/h5-6,11,16,18-19H,7-10,12-13H2,1-4H3. The van der Waals surface area contributed by atoms with E-state index in [1.807, 2.05) is 7.11 Å². The normalized spacial score (nSPS) is 18.9. The number of ether oxygens (including phenoxy) is 1. The highest BCUT2D eigenvalue weighted by atomic mass is 16.5. The number of nitrogens with one attached hydrogen (secondary N) is 1. The minimum Gasteiger partial charge on any atom is -0.384 e. The summed E-state index contributed by atoms with van der Waals surface area (Å²) in [5.74, 6) is 0.750. The fourth-order valence-corrected chi connectivity index (χ4v) is 3.31. The molecule has 1 N–H and O–H groups in total. The maximum Gasteiger partial charge on any atom is 0.0491 e. The molecule has 0 aliphatic carbocycles. The second-order valence-corrected chi connectivity index (χ2v) is 6.40. The predicted octanol–water partition coefficient (Wildman–Crippen LogP) is 2.92. The molecule has 0 aromatic heterocycles. The maximum absolute atomic E-state index is 5.29. The molecule has 1 heterocycles. The number of benzene rings is 1. The van der Waals surface area contributed by atoms with Crippen LogP contribution < -0.4 is 5.32 Å². The Labute approximate surface area is 129 Å². The molecule has 2 rings (SSSR count). The summed E-state index contributed by atoms with van der Waals surface area (Å²) in [5, 5.41) is 3.50. The van der Waals surface area contributed by atoms with Gasteiger partial charge in [0.2, 0.25) is 0 Å². The van der Waals surface area contributed by atoms with Gasteiger partial charge in [-0.15, -0.1) is 0 Å². The number of aryl methyl sites for hydroxylation is 2. The second kappa shape index (κ2) is 7.92. The lowest BCUT2D eigenvalue weighted by Crippen LogP contribution is -2.40. The number of nitrogens with zero attached hydrogens (tertiary/aromatic N) is 1. The first kappa shape index (κ1) is 16.5. The van der Waals surface area contributed by atoms with E-state index in [4.69, 9.17) is 4.74 Å². The van der Waals surface area contributed by atoms with E-state index < -0.39 is 0 Å². The molecule has 1 atom stereocenters. The monoisotopic (exact) mass is 290 g/mol. The quantitative estimate of drug-likeness (QED) is 0.872. The molecule has 1 aromatic carbocycles. The summed E-state index contributed by atoms with van der Waals surface area (Å²) in [6.45, 7) is 8.78. The van der Waals surface area contributed by atoms with Gasteiger partial charge in [-0.1, -0.05) is 23.8 Å². The van der Waals surface area contributed by atoms with Crippen LogP contribution in [0, 0.1) is 19.8 Å². The second-order valence-electron chi connectivity index (χ2n) is 6.40. The van der Waals surface area contributed by atoms with Gasteiger partial charge < -0.3 is 15.0 Å². The molecular formula is C18H30N2O. The van der Waals surface area contributed by atoms with Gasteiger partial charge in [-0.2, -0.15) is 0 Å². The van der Waals surface area contributed by atoms with E-state index in [-0.39, 0.29) is 0 Å². The van der Waals surface area contributed by atoms with Gasteiger partial charge >= 0.3 is 0 Å². The molecule has 3 nitrogen and oxygen atoms in total. The maximum atomic E-state index is 5.29. The van der Waals surface area contributed by atoms with Crippen LogP contribution in [0.15, 0.2) is 18.2 Å². The lowest BCUT2D eigenvalue weighted by molar-refractivity contribution is 0.0956. The first-order valence-electron chi connectivity index (χ1n) is 8.09. The average molecular weight is 290 g/mol. The summed E-state index contributed by atoms with van der Waals surface area (Å²) in [6.07, 6.45) is 2.52. The van der Waals surface area contributed by atoms with Gasteiger partial charge in [-0.05, 0) is 63.9 Å². The highest BCUT2D eigenvalue weighted by molar-refractivity contribution is 5.33. The van der Waals surface area contributed by atoms with Crippen LogP contribution in [0.1, 0.15) is 35.6 Å². The summed E-state index contributed by atoms with van der Waals surface area (Å²) >= 11 is 0. The average Bonchev–Trinajstić information content (AvgIpc) is 2.49. The third kappa shape index (κ3) is 4.53. The van der Waals surface area contributed by atoms with Crippen molar-refractivity contribution in [3.8, 4) is 0 Å². The minimum atomic E-state index is 0.420. The molecule has 1 aliphatic rings. The molecule has 1 aliphatic heterocycles. The summed E-state index contributed by atoms with van der Waals surface area (Å²) in [5.41, 5.74) is 4.17. The van der Waals surface area contributed by atoms with Gasteiger partial charge in [0.25, 0.3) is 0 Å². The first-order valence-corrected chi connectivity index (χ1v) is 8.09. The zero-order chi connectivity index (χ0) is 15.2. The lowest BCUT2D eigenvalue weighted by atomic mass is 9.95. The van der Waals surface area contributed by atoms with E-state index in [0.29, 0.717) is 6.04 Å². The van der Waals surface area contributed by atoms with Gasteiger partial charge in [0.05, 0.1) is 0 Å². The van der Waals surface area contributed by atoms with E-state index in [2.05, 4.69) is 49.3 Å². The SMILES string of the molecule is CNC(CN1CCC(COC)CC1)c1cc(C)ccc1C. The van der Waals surface area contributed by atoms with E-state index in [0.717, 1.165) is 19.1 Å². The van der Waals surface area contributed by atoms with Crippen LogP contribution in [0.3, 0.4) is 0 Å². The number of likely N-dealkylation sites (tertiary alicyclic amines) is 1. The van der Waals surface area contributed by atoms with Crippen LogP contribution in [-0.4, -0.2) is 45.3 Å². The van der Waals surface area contributed by atoms with Crippen LogP contribution in [-0.2, 0) is 4.74 Å². The van der Waals surface area contributed by atoms with Crippen molar-refractivity contribution in [2.45, 2.75) is 32.7 Å². The van der Waals surface area contributed by atoms with Crippen LogP contribution in [0.25, 0.3) is 0 Å². The topological polar surface area (TPSA) is 24.5 Å². The molecule has 1 unspecified atom stereocenters. The van der Waals surface area contributed by atoms with Crippen LogP contribution in [0.2, 0.25) is 0 Å². The van der Waals surface area contributed by atoms with E-state index in [1.165, 1.54) is 42.6 Å². The molecule has 0 amide bonds. The summed E-state index contributed by atoms with van der Waals surface area (Å²) in [6, 6.07) is 7.18. The molecule has 0 saturated carbocycles. The number of piperidine rings is 1. The third-order valence-corrected chi connectivity index (χ3v) is 4.71. The van der Waals surface area contributed by atoms with Crippen molar-refractivity contribution >= 4 is 0 Å². The van der Waals surface area contributed by atoms with E-state index in [1.54, 1.807) is 0 Å². The van der Waals surface area contributed by atoms with Crippen molar-refractivity contribution < 1.29 is 4.74 Å². The molecule has 118 valence electrons. The highest BCUT2D eigenvalue weighted by Gasteiger charge is 2.22. The molecule has 21 heavy (non-hydrogen) atoms. The number of rotatable bonds is 6. The third-order valence-electron chi connectivity index (χ3n) is 4.71. The van der Waals surface area contributed by atoms with Crippen LogP contribution in [0.5, 0.6) is 0 Å². The molecule has 0 spiro atoms. The Morgan fingerprint density at radius 2 is 2.00 bits per heavy atom. The van der Waals surface area contributed by atoms with Gasteiger partial charge in [-0.3, -0.25) is 0 Å². The Balaban J connectivity index is 1.95. The van der Waals surface area contributed by atoms with Crippen molar-refractivity contribution in [3.63, 3.8) is 0 Å². The van der Waals surface area contributed by atoms with Crippen LogP contribution in [0.4, 0.5) is 0 Å². The number of likely N-dealkylation sites (N-methyl/N-ethyl adjacent to an activating group) is 1. The fourth-order valence-electron chi connectivity index (χ4n) is 3.31. The Bertz CT molecular complexity index is 439. The van der Waals surface area contributed by atoms with Gasteiger partial charge in [0, 0.05) is 26.3 Å². The summed E-state index contributed by atoms with van der Waals surface area (Å²) in [4.78, 5) is 2.59. The highest BCUT2D eigenvalue weighted by Crippen LogP contribution is 2.23. The Hall–Kier alpha value is -0.900. The first-order chi connectivity index (χ1) is 10.1. The lowest BCUT2D eigenvalue weighted by Gasteiger charge is -2.34. The number of hydrogen-bond acceptors (Lipinski definition) is 3. The fraction of sp³-hybridized carbons (Fsp3) is 0.667. The zero-order valence-electron chi connectivity index (χ0n) is 14.0. The largest absolute Gasteiger partial charge is 0.384 e. The Morgan fingerprint density at radius 3 is 2.62 bits per heavy atom. The van der Waals surface area contributed by atoms with Crippen molar-refractivity contribution in [2.75, 3.05) is 40.4 Å². The predicted molar refractivity (Wildman–Crippen MR) is 88.8 cm³/mol. The molecule has 1 fully saturated rings. The van der Waals surface area contributed by atoms with Crippen molar-refractivity contribution in [3.05, 3.63) is 34.9 Å². The molecule has 1 saturated heterocycles. The summed E-state index contributed by atoms with van der Waals surface area (Å²) < 4.78 is 5.29.